The van der Waals surface area contributed by atoms with E-state index in [2.05, 4.69) is 10.5 Å². The van der Waals surface area contributed by atoms with E-state index in [1.165, 1.54) is 51.7 Å². The molecule has 8 nitrogen and oxygen atoms in total. The minimum absolute atomic E-state index is 0.0645. The smallest absolute Gasteiger partial charge is 0.471 e. The van der Waals surface area contributed by atoms with Crippen LogP contribution in [0.2, 0.25) is 0 Å². The molecule has 0 spiro atoms. The lowest BCUT2D eigenvalue weighted by Gasteiger charge is -2.13. The average molecular weight is 439 g/mol. The van der Waals surface area contributed by atoms with Gasteiger partial charge in [0.1, 0.15) is 0 Å². The molecule has 0 aliphatic heterocycles. The van der Waals surface area contributed by atoms with Crippen molar-refractivity contribution < 1.29 is 37.0 Å². The third-order valence-electron chi connectivity index (χ3n) is 4.05. The fraction of sp³-hybridized carbons (Fsp3) is 0.250. The lowest BCUT2D eigenvalue weighted by molar-refractivity contribution is -0.167. The highest BCUT2D eigenvalue weighted by atomic mass is 19.4. The second-order valence-corrected chi connectivity index (χ2v) is 6.08. The number of benzene rings is 2. The van der Waals surface area contributed by atoms with E-state index in [1.54, 1.807) is 18.3 Å². The number of amides is 2. The van der Waals surface area contributed by atoms with Crippen LogP contribution in [0.4, 0.5) is 18.9 Å². The van der Waals surface area contributed by atoms with Gasteiger partial charge in [-0.05, 0) is 36.8 Å². The Labute approximate surface area is 176 Å². The SMILES string of the molecule is COc1cc(C(=O)NN=C(C)c2cccc(NC(=O)C(F)(F)F)c2)cc(OC)c1OC. The van der Waals surface area contributed by atoms with Gasteiger partial charge in [0, 0.05) is 11.3 Å². The highest BCUT2D eigenvalue weighted by Gasteiger charge is 2.38. The molecule has 11 heteroatoms. The monoisotopic (exact) mass is 439 g/mol. The van der Waals surface area contributed by atoms with Gasteiger partial charge >= 0.3 is 12.1 Å². The second kappa shape index (κ2) is 9.83. The molecule has 2 amide bonds. The van der Waals surface area contributed by atoms with E-state index < -0.39 is 18.0 Å². The molecule has 2 aromatic rings. The number of hydrogen-bond acceptors (Lipinski definition) is 6. The van der Waals surface area contributed by atoms with Crippen molar-refractivity contribution in [2.75, 3.05) is 26.6 Å². The molecule has 0 aromatic heterocycles. The number of rotatable bonds is 7. The van der Waals surface area contributed by atoms with Crippen molar-refractivity contribution in [1.29, 1.82) is 0 Å². The normalized spacial score (nSPS) is 11.5. The van der Waals surface area contributed by atoms with Crippen LogP contribution in [-0.4, -0.2) is 45.0 Å². The topological polar surface area (TPSA) is 98.2 Å². The maximum Gasteiger partial charge on any atom is 0.471 e. The predicted molar refractivity (Wildman–Crippen MR) is 107 cm³/mol. The Hall–Kier alpha value is -3.76. The first kappa shape index (κ1) is 23.5. The zero-order valence-corrected chi connectivity index (χ0v) is 17.1. The summed E-state index contributed by atoms with van der Waals surface area (Å²) in [4.78, 5) is 23.6. The first-order valence-corrected chi connectivity index (χ1v) is 8.74. The number of halogens is 3. The van der Waals surface area contributed by atoms with Gasteiger partial charge in [0.05, 0.1) is 27.0 Å². The summed E-state index contributed by atoms with van der Waals surface area (Å²) in [6, 6.07) is 8.49. The molecule has 0 aliphatic carbocycles. The second-order valence-electron chi connectivity index (χ2n) is 6.08. The molecule has 166 valence electrons. The fourth-order valence-corrected chi connectivity index (χ4v) is 2.50. The zero-order valence-electron chi connectivity index (χ0n) is 17.1. The van der Waals surface area contributed by atoms with Crippen molar-refractivity contribution in [2.45, 2.75) is 13.1 Å². The third-order valence-corrected chi connectivity index (χ3v) is 4.05. The van der Waals surface area contributed by atoms with Crippen molar-refractivity contribution in [3.63, 3.8) is 0 Å². The number of anilines is 1. The van der Waals surface area contributed by atoms with Crippen molar-refractivity contribution in [3.8, 4) is 17.2 Å². The van der Waals surface area contributed by atoms with Crippen molar-refractivity contribution in [2.24, 2.45) is 5.10 Å². The lowest BCUT2D eigenvalue weighted by Crippen LogP contribution is -2.29. The summed E-state index contributed by atoms with van der Waals surface area (Å²) >= 11 is 0. The van der Waals surface area contributed by atoms with E-state index in [4.69, 9.17) is 14.2 Å². The Bertz CT molecular complexity index is 981. The summed E-state index contributed by atoms with van der Waals surface area (Å²) < 4.78 is 52.8. The number of hydrogen-bond donors (Lipinski definition) is 2. The largest absolute Gasteiger partial charge is 0.493 e. The molecule has 2 aromatic carbocycles. The molecule has 0 heterocycles. The molecular formula is C20H20F3N3O5. The molecule has 0 aliphatic rings. The van der Waals surface area contributed by atoms with Crippen LogP contribution in [0.25, 0.3) is 0 Å². The van der Waals surface area contributed by atoms with E-state index in [1.807, 2.05) is 0 Å². The van der Waals surface area contributed by atoms with E-state index in [-0.39, 0.29) is 22.7 Å². The van der Waals surface area contributed by atoms with Gasteiger partial charge in [-0.25, -0.2) is 5.43 Å². The highest BCUT2D eigenvalue weighted by Crippen LogP contribution is 2.38. The maximum atomic E-state index is 12.5. The Morgan fingerprint density at radius 3 is 2.06 bits per heavy atom. The summed E-state index contributed by atoms with van der Waals surface area (Å²) in [7, 11) is 4.25. The molecule has 0 atom stereocenters. The lowest BCUT2D eigenvalue weighted by atomic mass is 10.1. The zero-order chi connectivity index (χ0) is 23.2. The van der Waals surface area contributed by atoms with Gasteiger partial charge in [0.15, 0.2) is 11.5 Å². The number of ether oxygens (including phenoxy) is 3. The third kappa shape index (κ3) is 5.87. The first-order valence-electron chi connectivity index (χ1n) is 8.74. The molecule has 0 unspecified atom stereocenters. The minimum Gasteiger partial charge on any atom is -0.493 e. The molecular weight excluding hydrogens is 419 g/mol. The van der Waals surface area contributed by atoms with Gasteiger partial charge in [-0.1, -0.05) is 12.1 Å². The van der Waals surface area contributed by atoms with Crippen LogP contribution in [0.3, 0.4) is 0 Å². The molecule has 2 N–H and O–H groups in total. The first-order chi connectivity index (χ1) is 14.6. The van der Waals surface area contributed by atoms with Gasteiger partial charge in [-0.3, -0.25) is 9.59 Å². The molecule has 0 bridgehead atoms. The summed E-state index contributed by atoms with van der Waals surface area (Å²) in [6.45, 7) is 1.54. The number of alkyl halides is 3. The summed E-state index contributed by atoms with van der Waals surface area (Å²) in [5.41, 5.74) is 3.15. The molecule has 2 rings (SSSR count). The van der Waals surface area contributed by atoms with Gasteiger partial charge < -0.3 is 19.5 Å². The molecule has 31 heavy (non-hydrogen) atoms. The van der Waals surface area contributed by atoms with Crippen molar-refractivity contribution in [3.05, 3.63) is 47.5 Å². The molecule has 0 saturated heterocycles. The van der Waals surface area contributed by atoms with Crippen molar-refractivity contribution in [1.82, 2.24) is 5.43 Å². The van der Waals surface area contributed by atoms with Gasteiger partial charge in [0.25, 0.3) is 5.91 Å². The summed E-state index contributed by atoms with van der Waals surface area (Å²) in [5, 5.41) is 5.72. The van der Waals surface area contributed by atoms with Crippen LogP contribution < -0.4 is 25.0 Å². The number of nitrogens with zero attached hydrogens (tertiary/aromatic N) is 1. The minimum atomic E-state index is -5.01. The van der Waals surface area contributed by atoms with Crippen LogP contribution in [0.15, 0.2) is 41.5 Å². The van der Waals surface area contributed by atoms with Crippen LogP contribution in [0, 0.1) is 0 Å². The van der Waals surface area contributed by atoms with Crippen LogP contribution in [0.5, 0.6) is 17.2 Å². The Morgan fingerprint density at radius 2 is 1.55 bits per heavy atom. The Kier molecular flexibility index (Phi) is 7.46. The summed E-state index contributed by atoms with van der Waals surface area (Å²) in [6.07, 6.45) is -5.01. The van der Waals surface area contributed by atoms with Gasteiger partial charge in [-0.15, -0.1) is 0 Å². The van der Waals surface area contributed by atoms with Crippen LogP contribution >= 0.6 is 0 Å². The number of carbonyl (C=O) groups is 2. The maximum absolute atomic E-state index is 12.5. The Balaban J connectivity index is 2.20. The summed E-state index contributed by atoms with van der Waals surface area (Å²) in [5.74, 6) is -1.80. The number of carbonyl (C=O) groups excluding carboxylic acids is 2. The van der Waals surface area contributed by atoms with E-state index in [9.17, 15) is 22.8 Å². The molecule has 0 fully saturated rings. The number of hydrazone groups is 1. The Morgan fingerprint density at radius 1 is 0.935 bits per heavy atom. The average Bonchev–Trinajstić information content (AvgIpc) is 2.75. The van der Waals surface area contributed by atoms with E-state index >= 15 is 0 Å². The molecule has 0 saturated carbocycles. The van der Waals surface area contributed by atoms with Gasteiger partial charge in [0.2, 0.25) is 5.75 Å². The molecule has 0 radical (unpaired) electrons. The van der Waals surface area contributed by atoms with Crippen LogP contribution in [0.1, 0.15) is 22.8 Å². The standard InChI is InChI=1S/C20H20F3N3O5/c1-11(12-6-5-7-14(8-12)24-19(28)20(21,22)23)25-26-18(27)13-9-15(29-2)17(31-4)16(10-13)30-3/h5-10H,1-4H3,(H,24,28)(H,26,27). The van der Waals surface area contributed by atoms with E-state index in [0.717, 1.165) is 0 Å². The number of methoxy groups -OCH3 is 3. The van der Waals surface area contributed by atoms with Gasteiger partial charge in [-0.2, -0.15) is 18.3 Å². The van der Waals surface area contributed by atoms with Crippen molar-refractivity contribution >= 4 is 23.2 Å². The van der Waals surface area contributed by atoms with E-state index in [0.29, 0.717) is 17.0 Å². The number of nitrogens with one attached hydrogen (secondary N) is 2. The highest BCUT2D eigenvalue weighted by molar-refractivity contribution is 6.02. The van der Waals surface area contributed by atoms with Crippen LogP contribution in [-0.2, 0) is 4.79 Å². The quantitative estimate of drug-likeness (QED) is 0.509. The predicted octanol–water partition coefficient (Wildman–Crippen LogP) is 3.37. The fourth-order valence-electron chi connectivity index (χ4n) is 2.50.